The molecule has 0 unspecified atom stereocenters. The second-order valence-electron chi connectivity index (χ2n) is 3.53. The smallest absolute Gasteiger partial charge is 0.0267 e. The minimum atomic E-state index is -1.66. The third-order valence-corrected chi connectivity index (χ3v) is 3.49. The summed E-state index contributed by atoms with van der Waals surface area (Å²) < 4.78 is 4.33. The number of carbonyl (C=O) groups is 1. The number of rotatable bonds is 7. The van der Waals surface area contributed by atoms with E-state index in [-0.39, 0.29) is 0 Å². The first-order chi connectivity index (χ1) is 8.27. The van der Waals surface area contributed by atoms with Gasteiger partial charge >= 0.3 is 74.7 Å². The SMILES string of the molecule is CCCCCC[O][Zn][C](=O)O.c1ccncc1. The molecule has 1 aromatic rings. The van der Waals surface area contributed by atoms with Crippen molar-refractivity contribution in [2.45, 2.75) is 32.6 Å². The number of aromatic nitrogens is 1. The molecule has 1 aromatic heterocycles. The first-order valence-corrected chi connectivity index (χ1v) is 8.61. The number of pyridine rings is 1. The van der Waals surface area contributed by atoms with E-state index in [1.165, 1.54) is 19.3 Å². The van der Waals surface area contributed by atoms with Gasteiger partial charge in [-0.3, -0.25) is 4.98 Å². The van der Waals surface area contributed by atoms with Crippen molar-refractivity contribution in [3.8, 4) is 0 Å². The van der Waals surface area contributed by atoms with Gasteiger partial charge in [-0.05, 0) is 12.1 Å². The molecule has 0 aliphatic rings. The second kappa shape index (κ2) is 13.3. The number of hydrogen-bond donors (Lipinski definition) is 1. The molecule has 0 aliphatic heterocycles. The Morgan fingerprint density at radius 1 is 1.24 bits per heavy atom. The van der Waals surface area contributed by atoms with E-state index in [2.05, 4.69) is 11.9 Å². The molecule has 0 bridgehead atoms. The zero-order chi connectivity index (χ0) is 12.8. The fourth-order valence-electron chi connectivity index (χ4n) is 1.10. The standard InChI is InChI=1S/C6H13O.C5H5N.CHO2.Zn/c1-2-3-4-5-6-7;1-2-4-6-5-3-1;2-1-3;/h2-6H2,1H3;1-5H;(H,2,3);/q-1;;;+1. The fraction of sp³-hybridized carbons (Fsp3) is 0.500. The average Bonchev–Trinajstić information content (AvgIpc) is 2.36. The van der Waals surface area contributed by atoms with Gasteiger partial charge in [0.1, 0.15) is 0 Å². The molecule has 0 atom stereocenters. The molecule has 0 aromatic carbocycles. The van der Waals surface area contributed by atoms with Crippen molar-refractivity contribution in [1.29, 1.82) is 0 Å². The van der Waals surface area contributed by atoms with Gasteiger partial charge in [0.15, 0.2) is 0 Å². The molecule has 1 heterocycles. The Hall–Kier alpha value is -0.797. The monoisotopic (exact) mass is 289 g/mol. The topological polar surface area (TPSA) is 59.4 Å². The summed E-state index contributed by atoms with van der Waals surface area (Å²) in [5, 5.41) is 8.27. The molecule has 0 spiro atoms. The average molecular weight is 291 g/mol. The maximum Gasteiger partial charge on any atom is 0.0267 e. The van der Waals surface area contributed by atoms with Gasteiger partial charge in [0.25, 0.3) is 0 Å². The summed E-state index contributed by atoms with van der Waals surface area (Å²) in [6.45, 7) is 2.81. The van der Waals surface area contributed by atoms with Crippen LogP contribution in [0.4, 0.5) is 4.79 Å². The predicted octanol–water partition coefficient (Wildman–Crippen LogP) is 3.34. The van der Waals surface area contributed by atoms with E-state index in [0.29, 0.717) is 6.61 Å². The minimum absolute atomic E-state index is 0.659. The molecule has 1 N–H and O–H groups in total. The number of unbranched alkanes of at least 4 members (excludes halogenated alkanes) is 3. The molecule has 5 heteroatoms. The summed E-state index contributed by atoms with van der Waals surface area (Å²) in [6.07, 6.45) is 8.12. The predicted molar refractivity (Wildman–Crippen MR) is 62.4 cm³/mol. The minimum Gasteiger partial charge on any atom is -0.265 e. The molecule has 1 rings (SSSR count). The van der Waals surface area contributed by atoms with Crippen LogP contribution in [0.25, 0.3) is 0 Å². The third-order valence-electron chi connectivity index (χ3n) is 1.93. The summed E-state index contributed by atoms with van der Waals surface area (Å²) in [6, 6.07) is 5.72. The molecule has 17 heavy (non-hydrogen) atoms. The van der Waals surface area contributed by atoms with E-state index in [9.17, 15) is 4.79 Å². The van der Waals surface area contributed by atoms with E-state index in [4.69, 9.17) is 8.67 Å². The van der Waals surface area contributed by atoms with Crippen LogP contribution < -0.4 is 0 Å². The van der Waals surface area contributed by atoms with Crippen molar-refractivity contribution in [1.82, 2.24) is 4.98 Å². The van der Waals surface area contributed by atoms with E-state index in [1.807, 2.05) is 18.2 Å². The molecule has 0 fully saturated rings. The Labute approximate surface area is 110 Å². The largest absolute Gasteiger partial charge is 0.265 e. The molecule has 0 radical (unpaired) electrons. The van der Waals surface area contributed by atoms with Crippen LogP contribution in [0.5, 0.6) is 0 Å². The van der Waals surface area contributed by atoms with Crippen LogP contribution >= 0.6 is 0 Å². The van der Waals surface area contributed by atoms with Gasteiger partial charge in [0, 0.05) is 12.4 Å². The molecular weight excluding hydrogens is 272 g/mol. The maximum atomic E-state index is 10.0. The first-order valence-electron chi connectivity index (χ1n) is 5.92. The summed E-state index contributed by atoms with van der Waals surface area (Å²) in [5.74, 6) is 0. The quantitative estimate of drug-likeness (QED) is 0.618. The summed E-state index contributed by atoms with van der Waals surface area (Å²) in [5.41, 5.74) is 0. The Bertz CT molecular complexity index is 243. The molecule has 0 amide bonds. The summed E-state index contributed by atoms with van der Waals surface area (Å²) in [7, 11) is 0. The van der Waals surface area contributed by atoms with Crippen molar-refractivity contribution in [2.75, 3.05) is 6.61 Å². The Balaban J connectivity index is 0.000000354. The van der Waals surface area contributed by atoms with Crippen LogP contribution in [-0.2, 0) is 21.1 Å². The fourth-order valence-corrected chi connectivity index (χ4v) is 2.20. The van der Waals surface area contributed by atoms with Gasteiger partial charge in [-0.25, -0.2) is 0 Å². The van der Waals surface area contributed by atoms with E-state index in [1.54, 1.807) is 12.4 Å². The normalized spacial score (nSPS) is 8.76. The van der Waals surface area contributed by atoms with Crippen molar-refractivity contribution < 1.29 is 31.0 Å². The molecule has 4 nitrogen and oxygen atoms in total. The second-order valence-corrected chi connectivity index (χ2v) is 6.26. The van der Waals surface area contributed by atoms with Crippen molar-refractivity contribution in [3.05, 3.63) is 30.6 Å². The third kappa shape index (κ3) is 15.2. The zero-order valence-corrected chi connectivity index (χ0v) is 13.3. The van der Waals surface area contributed by atoms with Crippen molar-refractivity contribution in [3.63, 3.8) is 0 Å². The Morgan fingerprint density at radius 2 is 1.94 bits per heavy atom. The molecule has 92 valence electrons. The van der Waals surface area contributed by atoms with Gasteiger partial charge in [0.05, 0.1) is 0 Å². The maximum absolute atomic E-state index is 10.0. The molecular formula is C12H19NO3Zn. The van der Waals surface area contributed by atoms with Gasteiger partial charge < -0.3 is 0 Å². The Morgan fingerprint density at radius 3 is 2.35 bits per heavy atom. The zero-order valence-electron chi connectivity index (χ0n) is 10.3. The summed E-state index contributed by atoms with van der Waals surface area (Å²) >= 11 is -1.66. The van der Waals surface area contributed by atoms with Gasteiger partial charge in [-0.1, -0.05) is 6.07 Å². The van der Waals surface area contributed by atoms with Gasteiger partial charge in [0.2, 0.25) is 0 Å². The van der Waals surface area contributed by atoms with Crippen LogP contribution in [0.1, 0.15) is 32.6 Å². The number of carboxylic acid groups (broad SMARTS) is 1. The number of nitrogens with zero attached hydrogens (tertiary/aromatic N) is 1. The van der Waals surface area contributed by atoms with Crippen LogP contribution in [0.3, 0.4) is 0 Å². The van der Waals surface area contributed by atoms with Crippen molar-refractivity contribution in [2.24, 2.45) is 0 Å². The van der Waals surface area contributed by atoms with Crippen LogP contribution in [0.15, 0.2) is 30.6 Å². The number of hydrogen-bond acceptors (Lipinski definition) is 3. The Kier molecular flexibility index (Phi) is 12.6. The summed E-state index contributed by atoms with van der Waals surface area (Å²) in [4.78, 5) is 13.8. The van der Waals surface area contributed by atoms with Gasteiger partial charge in [-0.2, -0.15) is 0 Å². The molecule has 0 saturated heterocycles. The molecule has 0 saturated carbocycles. The van der Waals surface area contributed by atoms with Crippen LogP contribution in [0, 0.1) is 0 Å². The van der Waals surface area contributed by atoms with E-state index < -0.39 is 22.1 Å². The van der Waals surface area contributed by atoms with Crippen molar-refractivity contribution >= 4 is 4.56 Å². The van der Waals surface area contributed by atoms with E-state index >= 15 is 0 Å². The first kappa shape index (κ1) is 16.2. The molecule has 0 aliphatic carbocycles. The van der Waals surface area contributed by atoms with Gasteiger partial charge in [-0.15, -0.1) is 0 Å². The van der Waals surface area contributed by atoms with Crippen LogP contribution in [-0.4, -0.2) is 21.3 Å². The van der Waals surface area contributed by atoms with E-state index in [0.717, 1.165) is 6.42 Å². The van der Waals surface area contributed by atoms with Crippen LogP contribution in [0.2, 0.25) is 0 Å².